The lowest BCUT2D eigenvalue weighted by Gasteiger charge is -2.03. The molecule has 0 spiro atoms. The summed E-state index contributed by atoms with van der Waals surface area (Å²) < 4.78 is 2.00. The number of rotatable bonds is 3. The van der Waals surface area contributed by atoms with Crippen molar-refractivity contribution in [3.8, 4) is 11.3 Å². The van der Waals surface area contributed by atoms with E-state index in [2.05, 4.69) is 36.2 Å². The van der Waals surface area contributed by atoms with Gasteiger partial charge in [-0.05, 0) is 25.5 Å². The van der Waals surface area contributed by atoms with E-state index in [1.54, 1.807) is 17.4 Å². The Morgan fingerprint density at radius 2 is 2.00 bits per heavy atom. The minimum atomic E-state index is -0.962. The largest absolute Gasteiger partial charge is 0.478 e. The van der Waals surface area contributed by atoms with Crippen LogP contribution in [0.2, 0.25) is 0 Å². The number of imidazole rings is 1. The van der Waals surface area contributed by atoms with E-state index in [1.165, 1.54) is 5.56 Å². The molecule has 0 unspecified atom stereocenters. The summed E-state index contributed by atoms with van der Waals surface area (Å²) >= 11 is 1.55. The predicted molar refractivity (Wildman–Crippen MR) is 84.6 cm³/mol. The second-order valence-corrected chi connectivity index (χ2v) is 5.70. The Balaban J connectivity index is 2.20. The van der Waals surface area contributed by atoms with E-state index in [0.29, 0.717) is 0 Å². The standard InChI is InChI=1S/C16H14N2O2S/c1-10-3-5-12(6-4-10)14-9-21-16-17-11(2)13(18(14)16)7-8-15(19)20/h3-9H,1-2H3,(H,19,20)/b8-7+. The average Bonchev–Trinajstić information content (AvgIpc) is 2.96. The van der Waals surface area contributed by atoms with Gasteiger partial charge in [-0.15, -0.1) is 11.3 Å². The Kier molecular flexibility index (Phi) is 3.35. The molecule has 0 radical (unpaired) electrons. The van der Waals surface area contributed by atoms with Gasteiger partial charge in [0.25, 0.3) is 0 Å². The summed E-state index contributed by atoms with van der Waals surface area (Å²) in [5.74, 6) is -0.962. The van der Waals surface area contributed by atoms with Gasteiger partial charge in [0, 0.05) is 11.5 Å². The van der Waals surface area contributed by atoms with Crippen molar-refractivity contribution in [3.05, 3.63) is 52.7 Å². The van der Waals surface area contributed by atoms with Crippen molar-refractivity contribution < 1.29 is 9.90 Å². The highest BCUT2D eigenvalue weighted by Crippen LogP contribution is 2.29. The number of carboxylic acids is 1. The first-order valence-electron chi connectivity index (χ1n) is 6.51. The molecule has 21 heavy (non-hydrogen) atoms. The Hall–Kier alpha value is -2.40. The van der Waals surface area contributed by atoms with Crippen LogP contribution in [0.4, 0.5) is 0 Å². The van der Waals surface area contributed by atoms with Crippen molar-refractivity contribution in [1.82, 2.24) is 9.38 Å². The van der Waals surface area contributed by atoms with E-state index in [1.807, 2.05) is 16.7 Å². The maximum absolute atomic E-state index is 10.8. The normalized spacial score (nSPS) is 11.5. The number of nitrogens with zero attached hydrogens (tertiary/aromatic N) is 2. The monoisotopic (exact) mass is 298 g/mol. The molecule has 3 aromatic rings. The molecule has 4 nitrogen and oxygen atoms in total. The summed E-state index contributed by atoms with van der Waals surface area (Å²) in [6.45, 7) is 3.94. The van der Waals surface area contributed by atoms with Crippen LogP contribution in [0.1, 0.15) is 17.0 Å². The van der Waals surface area contributed by atoms with Gasteiger partial charge in [-0.2, -0.15) is 0 Å². The minimum absolute atomic E-state index is 0.809. The van der Waals surface area contributed by atoms with Gasteiger partial charge >= 0.3 is 5.97 Å². The number of aliphatic carboxylic acids is 1. The molecule has 0 bridgehead atoms. The van der Waals surface area contributed by atoms with E-state index in [9.17, 15) is 4.79 Å². The molecule has 2 aromatic heterocycles. The Morgan fingerprint density at radius 1 is 1.29 bits per heavy atom. The van der Waals surface area contributed by atoms with Crippen LogP contribution in [0.25, 0.3) is 22.3 Å². The fraction of sp³-hybridized carbons (Fsp3) is 0.125. The number of fused-ring (bicyclic) bond motifs is 1. The second kappa shape index (κ2) is 5.18. The van der Waals surface area contributed by atoms with Crippen molar-refractivity contribution in [3.63, 3.8) is 0 Å². The third-order valence-electron chi connectivity index (χ3n) is 3.31. The van der Waals surface area contributed by atoms with Gasteiger partial charge < -0.3 is 5.11 Å². The molecular weight excluding hydrogens is 284 g/mol. The molecule has 0 aliphatic heterocycles. The lowest BCUT2D eigenvalue weighted by atomic mass is 10.1. The number of hydrogen-bond acceptors (Lipinski definition) is 3. The second-order valence-electron chi connectivity index (χ2n) is 4.86. The van der Waals surface area contributed by atoms with Gasteiger partial charge in [-0.1, -0.05) is 29.8 Å². The molecule has 5 heteroatoms. The molecule has 0 amide bonds. The van der Waals surface area contributed by atoms with Crippen molar-refractivity contribution in [2.75, 3.05) is 0 Å². The third kappa shape index (κ3) is 2.48. The quantitative estimate of drug-likeness (QED) is 0.749. The fourth-order valence-corrected chi connectivity index (χ4v) is 3.21. The van der Waals surface area contributed by atoms with E-state index in [-0.39, 0.29) is 0 Å². The molecule has 1 N–H and O–H groups in total. The molecule has 106 valence electrons. The number of hydrogen-bond donors (Lipinski definition) is 1. The van der Waals surface area contributed by atoms with E-state index < -0.39 is 5.97 Å². The zero-order valence-electron chi connectivity index (χ0n) is 11.7. The molecule has 0 fully saturated rings. The van der Waals surface area contributed by atoms with Gasteiger partial charge in [0.1, 0.15) is 0 Å². The maximum Gasteiger partial charge on any atom is 0.328 e. The Labute approximate surface area is 126 Å². The van der Waals surface area contributed by atoms with Gasteiger partial charge in [0.15, 0.2) is 4.96 Å². The maximum atomic E-state index is 10.8. The lowest BCUT2D eigenvalue weighted by Crippen LogP contribution is -1.92. The third-order valence-corrected chi connectivity index (χ3v) is 4.14. The lowest BCUT2D eigenvalue weighted by molar-refractivity contribution is -0.131. The first kappa shape index (κ1) is 13.6. The zero-order chi connectivity index (χ0) is 15.0. The summed E-state index contributed by atoms with van der Waals surface area (Å²) in [7, 11) is 0. The van der Waals surface area contributed by atoms with Gasteiger partial charge in [0.2, 0.25) is 0 Å². The highest BCUT2D eigenvalue weighted by Gasteiger charge is 2.13. The number of aromatic nitrogens is 2. The summed E-state index contributed by atoms with van der Waals surface area (Å²) in [6, 6.07) is 8.26. The molecule has 0 aliphatic rings. The van der Waals surface area contributed by atoms with E-state index >= 15 is 0 Å². The van der Waals surface area contributed by atoms with Crippen LogP contribution >= 0.6 is 11.3 Å². The van der Waals surface area contributed by atoms with Crippen LogP contribution in [-0.2, 0) is 4.79 Å². The van der Waals surface area contributed by atoms with Crippen molar-refractivity contribution in [1.29, 1.82) is 0 Å². The Morgan fingerprint density at radius 3 is 2.67 bits per heavy atom. The average molecular weight is 298 g/mol. The number of benzene rings is 1. The highest BCUT2D eigenvalue weighted by molar-refractivity contribution is 7.15. The van der Waals surface area contributed by atoms with Crippen LogP contribution in [-0.4, -0.2) is 20.5 Å². The molecule has 0 saturated carbocycles. The molecule has 3 rings (SSSR count). The molecule has 0 saturated heterocycles. The summed E-state index contributed by atoms with van der Waals surface area (Å²) in [5, 5.41) is 10.9. The van der Waals surface area contributed by atoms with Crippen molar-refractivity contribution in [2.45, 2.75) is 13.8 Å². The molecular formula is C16H14N2O2S. The number of carbonyl (C=O) groups is 1. The van der Waals surface area contributed by atoms with Crippen LogP contribution in [0, 0.1) is 13.8 Å². The van der Waals surface area contributed by atoms with Crippen molar-refractivity contribution in [2.24, 2.45) is 0 Å². The first-order valence-corrected chi connectivity index (χ1v) is 7.39. The van der Waals surface area contributed by atoms with Crippen LogP contribution in [0.15, 0.2) is 35.7 Å². The smallest absolute Gasteiger partial charge is 0.328 e. The van der Waals surface area contributed by atoms with E-state index in [4.69, 9.17) is 5.11 Å². The van der Waals surface area contributed by atoms with Gasteiger partial charge in [-0.25, -0.2) is 9.78 Å². The summed E-state index contributed by atoms with van der Waals surface area (Å²) in [4.78, 5) is 16.1. The molecule has 1 aromatic carbocycles. The SMILES string of the molecule is Cc1ccc(-c2csc3nc(C)c(/C=C/C(=O)O)n23)cc1. The van der Waals surface area contributed by atoms with Gasteiger partial charge in [0.05, 0.1) is 17.1 Å². The first-order chi connectivity index (χ1) is 10.1. The topological polar surface area (TPSA) is 54.6 Å². The number of carboxylic acid groups (broad SMARTS) is 1. The number of thiazole rings is 1. The van der Waals surface area contributed by atoms with Crippen LogP contribution < -0.4 is 0 Å². The molecule has 2 heterocycles. The van der Waals surface area contributed by atoms with Crippen LogP contribution in [0.3, 0.4) is 0 Å². The minimum Gasteiger partial charge on any atom is -0.478 e. The zero-order valence-corrected chi connectivity index (χ0v) is 12.5. The Bertz CT molecular complexity index is 841. The molecule has 0 aliphatic carbocycles. The number of aryl methyl sites for hydroxylation is 2. The van der Waals surface area contributed by atoms with Crippen molar-refractivity contribution >= 4 is 28.3 Å². The fourth-order valence-electron chi connectivity index (χ4n) is 2.26. The summed E-state index contributed by atoms with van der Waals surface area (Å²) in [6.07, 6.45) is 2.75. The molecule has 0 atom stereocenters. The van der Waals surface area contributed by atoms with Crippen LogP contribution in [0.5, 0.6) is 0 Å². The van der Waals surface area contributed by atoms with E-state index in [0.717, 1.165) is 33.7 Å². The van der Waals surface area contributed by atoms with Gasteiger partial charge in [-0.3, -0.25) is 4.40 Å². The highest BCUT2D eigenvalue weighted by atomic mass is 32.1. The summed E-state index contributed by atoms with van der Waals surface area (Å²) in [5.41, 5.74) is 4.96. The predicted octanol–water partition coefficient (Wildman–Crippen LogP) is 3.78.